The van der Waals surface area contributed by atoms with E-state index in [1.807, 2.05) is 18.2 Å². The molecule has 146 valence electrons. The zero-order chi connectivity index (χ0) is 20.0. The normalized spacial score (nSPS) is 16.2. The topological polar surface area (TPSA) is 52.0 Å². The van der Waals surface area contributed by atoms with Gasteiger partial charge in [0.05, 0.1) is 27.7 Å². The number of fused-ring (bicyclic) bond motifs is 3. The first-order chi connectivity index (χ1) is 14.1. The van der Waals surface area contributed by atoms with Gasteiger partial charge in [0, 0.05) is 6.42 Å². The summed E-state index contributed by atoms with van der Waals surface area (Å²) in [4.78, 5) is 5.22. The Bertz CT molecular complexity index is 1290. The summed E-state index contributed by atoms with van der Waals surface area (Å²) in [5.41, 5.74) is 5.53. The van der Waals surface area contributed by atoms with Crippen LogP contribution in [0.25, 0.3) is 22.2 Å². The molecule has 0 spiro atoms. The number of rotatable bonds is 4. The van der Waals surface area contributed by atoms with E-state index in [4.69, 9.17) is 4.98 Å². The quantitative estimate of drug-likeness (QED) is 0.481. The van der Waals surface area contributed by atoms with Crippen molar-refractivity contribution < 1.29 is 8.42 Å². The van der Waals surface area contributed by atoms with Crippen LogP contribution in [-0.4, -0.2) is 23.7 Å². The first-order valence-electron chi connectivity index (χ1n) is 9.96. The van der Waals surface area contributed by atoms with Gasteiger partial charge in [0.25, 0.3) is 0 Å². The van der Waals surface area contributed by atoms with Crippen LogP contribution in [0.3, 0.4) is 0 Å². The zero-order valence-electron chi connectivity index (χ0n) is 16.2. The summed E-state index contributed by atoms with van der Waals surface area (Å²) in [5.74, 6) is 1.25. The Morgan fingerprint density at radius 1 is 0.966 bits per heavy atom. The lowest BCUT2D eigenvalue weighted by atomic mass is 10.0. The van der Waals surface area contributed by atoms with Crippen LogP contribution in [0.4, 0.5) is 0 Å². The smallest absolute Gasteiger partial charge is 0.178 e. The van der Waals surface area contributed by atoms with Crippen molar-refractivity contribution in [2.24, 2.45) is 0 Å². The molecule has 3 aromatic carbocycles. The van der Waals surface area contributed by atoms with E-state index in [1.54, 1.807) is 19.1 Å². The Morgan fingerprint density at radius 3 is 2.41 bits per heavy atom. The number of benzene rings is 3. The van der Waals surface area contributed by atoms with Gasteiger partial charge in [-0.3, -0.25) is 0 Å². The fraction of sp³-hybridized carbons (Fsp3) is 0.208. The molecule has 29 heavy (non-hydrogen) atoms. The molecule has 0 amide bonds. The van der Waals surface area contributed by atoms with Gasteiger partial charge in [-0.1, -0.05) is 55.5 Å². The Hall–Kier alpha value is -2.92. The molecule has 1 atom stereocenters. The molecule has 0 N–H and O–H groups in total. The third kappa shape index (κ3) is 3.06. The number of aromatic nitrogens is 2. The summed E-state index contributed by atoms with van der Waals surface area (Å²) in [6.07, 6.45) is 2.04. The van der Waals surface area contributed by atoms with Gasteiger partial charge in [0.1, 0.15) is 5.82 Å². The lowest BCUT2D eigenvalue weighted by Crippen LogP contribution is -2.05. The number of aryl methyl sites for hydroxylation is 1. The highest BCUT2D eigenvalue weighted by molar-refractivity contribution is 7.91. The maximum absolute atomic E-state index is 12.1. The van der Waals surface area contributed by atoms with E-state index in [9.17, 15) is 8.42 Å². The van der Waals surface area contributed by atoms with Crippen molar-refractivity contribution >= 4 is 20.9 Å². The van der Waals surface area contributed by atoms with Crippen molar-refractivity contribution in [1.82, 2.24) is 9.55 Å². The van der Waals surface area contributed by atoms with Crippen molar-refractivity contribution in [3.05, 3.63) is 84.2 Å². The van der Waals surface area contributed by atoms with E-state index in [1.165, 1.54) is 5.56 Å². The Kier molecular flexibility index (Phi) is 4.28. The van der Waals surface area contributed by atoms with E-state index < -0.39 is 9.84 Å². The Balaban J connectivity index is 1.58. The highest BCUT2D eigenvalue weighted by Crippen LogP contribution is 2.36. The highest BCUT2D eigenvalue weighted by Gasteiger charge is 2.27. The molecule has 1 aliphatic heterocycles. The number of nitrogens with zero attached hydrogens (tertiary/aromatic N) is 2. The van der Waals surface area contributed by atoms with Crippen LogP contribution in [0.2, 0.25) is 0 Å². The summed E-state index contributed by atoms with van der Waals surface area (Å²) >= 11 is 0. The minimum absolute atomic E-state index is 0.112. The van der Waals surface area contributed by atoms with Gasteiger partial charge in [0.15, 0.2) is 9.84 Å². The summed E-state index contributed by atoms with van der Waals surface area (Å²) in [6, 6.07) is 24.4. The number of hydrogen-bond donors (Lipinski definition) is 0. The fourth-order valence-corrected chi connectivity index (χ4v) is 5.14. The molecule has 1 aliphatic rings. The molecule has 5 rings (SSSR count). The van der Waals surface area contributed by atoms with Crippen LogP contribution in [0.15, 0.2) is 77.7 Å². The molecule has 4 nitrogen and oxygen atoms in total. The molecule has 5 heteroatoms. The van der Waals surface area contributed by atoms with Crippen LogP contribution in [0, 0.1) is 0 Å². The molecule has 2 heterocycles. The van der Waals surface area contributed by atoms with Gasteiger partial charge in [0.2, 0.25) is 0 Å². The van der Waals surface area contributed by atoms with Gasteiger partial charge < -0.3 is 4.57 Å². The van der Waals surface area contributed by atoms with E-state index in [2.05, 4.69) is 47.0 Å². The van der Waals surface area contributed by atoms with Crippen molar-refractivity contribution in [2.45, 2.75) is 30.7 Å². The first-order valence-corrected chi connectivity index (χ1v) is 11.6. The third-order valence-corrected chi connectivity index (χ3v) is 7.58. The molecule has 0 fully saturated rings. The second-order valence-corrected chi connectivity index (χ2v) is 9.77. The van der Waals surface area contributed by atoms with Crippen molar-refractivity contribution in [2.75, 3.05) is 5.75 Å². The predicted molar refractivity (Wildman–Crippen MR) is 116 cm³/mol. The molecule has 0 saturated carbocycles. The standard InChI is InChI=1S/C24H22N2O2S/c1-2-29(27,28)20-11-8-17(9-12-20)19-10-13-21-23(16-19)26-22(14-15-24(26)25-21)18-6-4-3-5-7-18/h3-13,16,22H,2,14-15H2,1H3. The minimum Gasteiger partial charge on any atom is -0.320 e. The van der Waals surface area contributed by atoms with Crippen LogP contribution in [-0.2, 0) is 16.3 Å². The SMILES string of the molecule is CCS(=O)(=O)c1ccc(-c2ccc3nc4n(c3c2)C(c2ccccc2)CC4)cc1. The summed E-state index contributed by atoms with van der Waals surface area (Å²) in [7, 11) is -3.18. The van der Waals surface area contributed by atoms with Gasteiger partial charge >= 0.3 is 0 Å². The summed E-state index contributed by atoms with van der Waals surface area (Å²) in [6.45, 7) is 1.67. The predicted octanol–water partition coefficient (Wildman–Crippen LogP) is 5.03. The molecular formula is C24H22N2O2S. The van der Waals surface area contributed by atoms with E-state index in [-0.39, 0.29) is 5.75 Å². The van der Waals surface area contributed by atoms with Gasteiger partial charge in [-0.05, 0) is 47.4 Å². The lowest BCUT2D eigenvalue weighted by molar-refractivity contribution is 0.597. The maximum atomic E-state index is 12.1. The van der Waals surface area contributed by atoms with Crippen LogP contribution < -0.4 is 0 Å². The lowest BCUT2D eigenvalue weighted by Gasteiger charge is -2.15. The van der Waals surface area contributed by atoms with Crippen LogP contribution >= 0.6 is 0 Å². The van der Waals surface area contributed by atoms with Crippen molar-refractivity contribution in [3.63, 3.8) is 0 Å². The average molecular weight is 403 g/mol. The maximum Gasteiger partial charge on any atom is 0.178 e. The monoisotopic (exact) mass is 402 g/mol. The van der Waals surface area contributed by atoms with Crippen molar-refractivity contribution in [3.8, 4) is 11.1 Å². The molecule has 0 saturated heterocycles. The van der Waals surface area contributed by atoms with Gasteiger partial charge in [-0.2, -0.15) is 0 Å². The van der Waals surface area contributed by atoms with Gasteiger partial charge in [-0.25, -0.2) is 13.4 Å². The minimum atomic E-state index is -3.18. The highest BCUT2D eigenvalue weighted by atomic mass is 32.2. The molecule has 0 aliphatic carbocycles. The van der Waals surface area contributed by atoms with E-state index in [0.717, 1.165) is 40.8 Å². The van der Waals surface area contributed by atoms with Crippen LogP contribution in [0.5, 0.6) is 0 Å². The average Bonchev–Trinajstić information content (AvgIpc) is 3.33. The zero-order valence-corrected chi connectivity index (χ0v) is 17.1. The van der Waals surface area contributed by atoms with Crippen LogP contribution in [0.1, 0.15) is 30.8 Å². The first kappa shape index (κ1) is 18.1. The van der Waals surface area contributed by atoms with Gasteiger partial charge in [-0.15, -0.1) is 0 Å². The number of sulfone groups is 1. The molecule has 1 aromatic heterocycles. The third-order valence-electron chi connectivity index (χ3n) is 5.83. The molecule has 0 bridgehead atoms. The second-order valence-electron chi connectivity index (χ2n) is 7.49. The molecule has 4 aromatic rings. The Morgan fingerprint density at radius 2 is 1.69 bits per heavy atom. The second kappa shape index (κ2) is 6.85. The largest absolute Gasteiger partial charge is 0.320 e. The fourth-order valence-electron chi connectivity index (χ4n) is 4.25. The number of hydrogen-bond acceptors (Lipinski definition) is 3. The molecule has 1 unspecified atom stereocenters. The summed E-state index contributed by atoms with van der Waals surface area (Å²) in [5, 5.41) is 0. The molecular weight excluding hydrogens is 380 g/mol. The molecule has 0 radical (unpaired) electrons. The Labute approximate surface area is 170 Å². The van der Waals surface area contributed by atoms with Crippen molar-refractivity contribution in [1.29, 1.82) is 0 Å². The number of imidazole rings is 1. The summed E-state index contributed by atoms with van der Waals surface area (Å²) < 4.78 is 26.5. The van der Waals surface area contributed by atoms with E-state index >= 15 is 0 Å². The van der Waals surface area contributed by atoms with E-state index in [0.29, 0.717) is 10.9 Å².